The van der Waals surface area contributed by atoms with Gasteiger partial charge in [-0.25, -0.2) is 0 Å². The van der Waals surface area contributed by atoms with E-state index in [2.05, 4.69) is 5.32 Å². The van der Waals surface area contributed by atoms with Crippen molar-refractivity contribution in [1.29, 1.82) is 0 Å². The van der Waals surface area contributed by atoms with Gasteiger partial charge < -0.3 is 15.0 Å². The SMILES string of the molecule is CNc1ccc(C(=O)N2CCOCC2)cc1. The van der Waals surface area contributed by atoms with Gasteiger partial charge in [0, 0.05) is 31.4 Å². The van der Waals surface area contributed by atoms with Crippen molar-refractivity contribution in [2.75, 3.05) is 38.7 Å². The van der Waals surface area contributed by atoms with Gasteiger partial charge in [-0.15, -0.1) is 0 Å². The molecule has 1 aromatic carbocycles. The summed E-state index contributed by atoms with van der Waals surface area (Å²) in [6.07, 6.45) is 0. The number of hydrogen-bond acceptors (Lipinski definition) is 3. The zero-order valence-electron chi connectivity index (χ0n) is 9.40. The normalized spacial score (nSPS) is 15.9. The van der Waals surface area contributed by atoms with E-state index in [-0.39, 0.29) is 5.91 Å². The number of nitrogens with one attached hydrogen (secondary N) is 1. The maximum Gasteiger partial charge on any atom is 0.254 e. The average molecular weight is 220 g/mol. The van der Waals surface area contributed by atoms with Crippen LogP contribution in [0.1, 0.15) is 10.4 Å². The number of carbonyl (C=O) groups excluding carboxylic acids is 1. The van der Waals surface area contributed by atoms with E-state index in [1.54, 1.807) is 0 Å². The van der Waals surface area contributed by atoms with Gasteiger partial charge in [0.25, 0.3) is 5.91 Å². The predicted molar refractivity (Wildman–Crippen MR) is 62.7 cm³/mol. The molecule has 4 nitrogen and oxygen atoms in total. The summed E-state index contributed by atoms with van der Waals surface area (Å²) in [5.74, 6) is 0.0888. The predicted octanol–water partition coefficient (Wildman–Crippen LogP) is 1.20. The molecule has 2 rings (SSSR count). The molecule has 0 radical (unpaired) electrons. The molecule has 0 atom stereocenters. The number of hydrogen-bond donors (Lipinski definition) is 1. The fraction of sp³-hybridized carbons (Fsp3) is 0.417. The highest BCUT2D eigenvalue weighted by atomic mass is 16.5. The molecule has 4 heteroatoms. The third-order valence-corrected chi connectivity index (χ3v) is 2.72. The van der Waals surface area contributed by atoms with E-state index in [9.17, 15) is 4.79 Å². The number of amides is 1. The Kier molecular flexibility index (Phi) is 3.41. The van der Waals surface area contributed by atoms with Crippen LogP contribution in [0.3, 0.4) is 0 Å². The van der Waals surface area contributed by atoms with E-state index in [1.165, 1.54) is 0 Å². The van der Waals surface area contributed by atoms with Crippen LogP contribution in [0.25, 0.3) is 0 Å². The molecule has 0 saturated carbocycles. The van der Waals surface area contributed by atoms with Crippen molar-refractivity contribution < 1.29 is 9.53 Å². The third-order valence-electron chi connectivity index (χ3n) is 2.72. The van der Waals surface area contributed by atoms with Gasteiger partial charge in [-0.05, 0) is 24.3 Å². The van der Waals surface area contributed by atoms with Crippen LogP contribution in [0.15, 0.2) is 24.3 Å². The molecule has 0 unspecified atom stereocenters. The van der Waals surface area contributed by atoms with Crippen molar-refractivity contribution in [2.24, 2.45) is 0 Å². The van der Waals surface area contributed by atoms with Crippen LogP contribution in [-0.2, 0) is 4.74 Å². The molecule has 1 saturated heterocycles. The Bertz CT molecular complexity index is 356. The van der Waals surface area contributed by atoms with Crippen LogP contribution in [-0.4, -0.2) is 44.2 Å². The Hall–Kier alpha value is -1.55. The van der Waals surface area contributed by atoms with Crippen molar-refractivity contribution in [3.05, 3.63) is 29.8 Å². The largest absolute Gasteiger partial charge is 0.388 e. The Balaban J connectivity index is 2.07. The first-order valence-corrected chi connectivity index (χ1v) is 5.46. The lowest BCUT2D eigenvalue weighted by atomic mass is 10.1. The first-order valence-electron chi connectivity index (χ1n) is 5.46. The van der Waals surface area contributed by atoms with E-state index in [0.717, 1.165) is 11.3 Å². The van der Waals surface area contributed by atoms with E-state index in [0.29, 0.717) is 26.3 Å². The topological polar surface area (TPSA) is 41.6 Å². The lowest BCUT2D eigenvalue weighted by Crippen LogP contribution is -2.40. The Morgan fingerprint density at radius 2 is 1.88 bits per heavy atom. The van der Waals surface area contributed by atoms with Gasteiger partial charge in [0.15, 0.2) is 0 Å². The minimum Gasteiger partial charge on any atom is -0.388 e. The number of benzene rings is 1. The quantitative estimate of drug-likeness (QED) is 0.814. The number of anilines is 1. The molecule has 1 aliphatic heterocycles. The van der Waals surface area contributed by atoms with Crippen molar-refractivity contribution in [3.63, 3.8) is 0 Å². The van der Waals surface area contributed by atoms with Gasteiger partial charge >= 0.3 is 0 Å². The summed E-state index contributed by atoms with van der Waals surface area (Å²) in [4.78, 5) is 13.9. The van der Waals surface area contributed by atoms with Crippen LogP contribution < -0.4 is 5.32 Å². The second-order valence-electron chi connectivity index (χ2n) is 3.73. The smallest absolute Gasteiger partial charge is 0.254 e. The van der Waals surface area contributed by atoms with Crippen molar-refractivity contribution in [1.82, 2.24) is 4.90 Å². The third kappa shape index (κ3) is 2.33. The summed E-state index contributed by atoms with van der Waals surface area (Å²) in [6, 6.07) is 7.52. The highest BCUT2D eigenvalue weighted by Crippen LogP contribution is 2.11. The van der Waals surface area contributed by atoms with Gasteiger partial charge in [-0.2, -0.15) is 0 Å². The lowest BCUT2D eigenvalue weighted by molar-refractivity contribution is 0.0303. The highest BCUT2D eigenvalue weighted by molar-refractivity contribution is 5.94. The molecule has 0 aliphatic carbocycles. The molecular weight excluding hydrogens is 204 g/mol. The monoisotopic (exact) mass is 220 g/mol. The summed E-state index contributed by atoms with van der Waals surface area (Å²) in [6.45, 7) is 2.65. The number of nitrogens with zero attached hydrogens (tertiary/aromatic N) is 1. The van der Waals surface area contributed by atoms with Gasteiger partial charge in [-0.3, -0.25) is 4.79 Å². The molecule has 1 aliphatic rings. The van der Waals surface area contributed by atoms with Crippen LogP contribution in [0, 0.1) is 0 Å². The zero-order chi connectivity index (χ0) is 11.4. The maximum absolute atomic E-state index is 12.0. The molecule has 1 N–H and O–H groups in total. The minimum absolute atomic E-state index is 0.0888. The molecule has 1 heterocycles. The number of rotatable bonds is 2. The second kappa shape index (κ2) is 4.99. The summed E-state index contributed by atoms with van der Waals surface area (Å²) in [7, 11) is 1.86. The van der Waals surface area contributed by atoms with E-state index in [4.69, 9.17) is 4.74 Å². The van der Waals surface area contributed by atoms with E-state index < -0.39 is 0 Å². The fourth-order valence-corrected chi connectivity index (χ4v) is 1.73. The van der Waals surface area contributed by atoms with Gasteiger partial charge in [0.05, 0.1) is 13.2 Å². The van der Waals surface area contributed by atoms with Crippen molar-refractivity contribution >= 4 is 11.6 Å². The molecule has 1 aromatic rings. The van der Waals surface area contributed by atoms with Gasteiger partial charge in [0.2, 0.25) is 0 Å². The molecule has 1 fully saturated rings. The number of morpholine rings is 1. The molecule has 0 aromatic heterocycles. The molecule has 0 bridgehead atoms. The molecule has 0 spiro atoms. The average Bonchev–Trinajstić information content (AvgIpc) is 2.39. The summed E-state index contributed by atoms with van der Waals surface area (Å²) < 4.78 is 5.22. The Morgan fingerprint density at radius 1 is 1.25 bits per heavy atom. The van der Waals surface area contributed by atoms with Crippen molar-refractivity contribution in [2.45, 2.75) is 0 Å². The second-order valence-corrected chi connectivity index (χ2v) is 3.73. The Morgan fingerprint density at radius 3 is 2.44 bits per heavy atom. The molecule has 16 heavy (non-hydrogen) atoms. The molecule has 1 amide bonds. The molecular formula is C12H16N2O2. The first-order chi connectivity index (χ1) is 7.81. The summed E-state index contributed by atoms with van der Waals surface area (Å²) in [5.41, 5.74) is 1.75. The van der Waals surface area contributed by atoms with Crippen LogP contribution in [0.2, 0.25) is 0 Å². The number of ether oxygens (including phenoxy) is 1. The lowest BCUT2D eigenvalue weighted by Gasteiger charge is -2.26. The van der Waals surface area contributed by atoms with Crippen LogP contribution >= 0.6 is 0 Å². The van der Waals surface area contributed by atoms with Crippen LogP contribution in [0.5, 0.6) is 0 Å². The highest BCUT2D eigenvalue weighted by Gasteiger charge is 2.17. The standard InChI is InChI=1S/C12H16N2O2/c1-13-11-4-2-10(3-5-11)12(15)14-6-8-16-9-7-14/h2-5,13H,6-9H2,1H3. The molecule has 86 valence electrons. The van der Waals surface area contributed by atoms with E-state index in [1.807, 2.05) is 36.2 Å². The van der Waals surface area contributed by atoms with Gasteiger partial charge in [-0.1, -0.05) is 0 Å². The number of carbonyl (C=O) groups is 1. The zero-order valence-corrected chi connectivity index (χ0v) is 9.40. The van der Waals surface area contributed by atoms with Gasteiger partial charge in [0.1, 0.15) is 0 Å². The van der Waals surface area contributed by atoms with Crippen molar-refractivity contribution in [3.8, 4) is 0 Å². The summed E-state index contributed by atoms with van der Waals surface area (Å²) >= 11 is 0. The summed E-state index contributed by atoms with van der Waals surface area (Å²) in [5, 5.41) is 3.03. The Labute approximate surface area is 95.2 Å². The maximum atomic E-state index is 12.0. The first kappa shape index (κ1) is 11.0. The van der Waals surface area contributed by atoms with Crippen LogP contribution in [0.4, 0.5) is 5.69 Å². The minimum atomic E-state index is 0.0888. The van der Waals surface area contributed by atoms with E-state index >= 15 is 0 Å². The fourth-order valence-electron chi connectivity index (χ4n) is 1.73.